The normalized spacial score (nSPS) is 12.9. The summed E-state index contributed by atoms with van der Waals surface area (Å²) < 4.78 is 0. The minimum absolute atomic E-state index is 0.662. The molecule has 102 valence electrons. The molecular weight excluding hydrogens is 218 g/mol. The number of rotatable bonds is 8. The summed E-state index contributed by atoms with van der Waals surface area (Å²) in [5.41, 5.74) is 2.88. The van der Waals surface area contributed by atoms with E-state index in [-0.39, 0.29) is 0 Å². The topological polar surface area (TPSA) is 12.0 Å². The van der Waals surface area contributed by atoms with Crippen molar-refractivity contribution in [3.05, 3.63) is 35.4 Å². The van der Waals surface area contributed by atoms with E-state index in [0.717, 1.165) is 19.0 Å². The third-order valence-corrected chi connectivity index (χ3v) is 3.93. The quantitative estimate of drug-likeness (QED) is 0.712. The fourth-order valence-electron chi connectivity index (χ4n) is 2.60. The molecule has 0 aromatic heterocycles. The van der Waals surface area contributed by atoms with Crippen molar-refractivity contribution in [3.8, 4) is 0 Å². The first kappa shape index (κ1) is 15.2. The molecule has 0 amide bonds. The molecule has 1 unspecified atom stereocenters. The van der Waals surface area contributed by atoms with E-state index in [9.17, 15) is 0 Å². The van der Waals surface area contributed by atoms with Crippen molar-refractivity contribution in [3.63, 3.8) is 0 Å². The van der Waals surface area contributed by atoms with Gasteiger partial charge in [0, 0.05) is 6.54 Å². The highest BCUT2D eigenvalue weighted by molar-refractivity contribution is 5.25. The molecule has 0 heterocycles. The van der Waals surface area contributed by atoms with Gasteiger partial charge in [-0.05, 0) is 37.3 Å². The highest BCUT2D eigenvalue weighted by Crippen LogP contribution is 2.27. The van der Waals surface area contributed by atoms with Gasteiger partial charge in [0.25, 0.3) is 0 Å². The van der Waals surface area contributed by atoms with Crippen molar-refractivity contribution in [1.82, 2.24) is 5.32 Å². The van der Waals surface area contributed by atoms with E-state index >= 15 is 0 Å². The van der Waals surface area contributed by atoms with Crippen molar-refractivity contribution >= 4 is 0 Å². The predicted molar refractivity (Wildman–Crippen MR) is 81.2 cm³/mol. The van der Waals surface area contributed by atoms with Gasteiger partial charge in [-0.15, -0.1) is 0 Å². The molecule has 1 heteroatoms. The molecule has 0 aliphatic carbocycles. The number of hydrogen-bond donors (Lipinski definition) is 1. The average Bonchev–Trinajstić information content (AvgIpc) is 2.39. The number of likely N-dealkylation sites (N-methyl/N-ethyl adjacent to an activating group) is 1. The molecular formula is C17H29N. The highest BCUT2D eigenvalue weighted by Gasteiger charge is 2.15. The van der Waals surface area contributed by atoms with Crippen LogP contribution < -0.4 is 5.32 Å². The molecule has 0 fully saturated rings. The van der Waals surface area contributed by atoms with Crippen LogP contribution in [-0.2, 0) is 0 Å². The van der Waals surface area contributed by atoms with E-state index in [4.69, 9.17) is 0 Å². The van der Waals surface area contributed by atoms with Gasteiger partial charge in [-0.1, -0.05) is 63.4 Å². The van der Waals surface area contributed by atoms with Crippen molar-refractivity contribution in [2.45, 2.75) is 52.9 Å². The van der Waals surface area contributed by atoms with Crippen molar-refractivity contribution in [2.24, 2.45) is 5.92 Å². The van der Waals surface area contributed by atoms with Gasteiger partial charge in [0.2, 0.25) is 0 Å². The third-order valence-electron chi connectivity index (χ3n) is 3.93. The largest absolute Gasteiger partial charge is 0.316 e. The maximum absolute atomic E-state index is 3.52. The summed E-state index contributed by atoms with van der Waals surface area (Å²) in [6.45, 7) is 11.2. The zero-order valence-corrected chi connectivity index (χ0v) is 12.5. The molecule has 0 radical (unpaired) electrons. The van der Waals surface area contributed by atoms with Crippen LogP contribution in [0, 0.1) is 12.8 Å². The smallest absolute Gasteiger partial charge is 0.00201 e. The van der Waals surface area contributed by atoms with Gasteiger partial charge >= 0.3 is 0 Å². The summed E-state index contributed by atoms with van der Waals surface area (Å²) in [5, 5.41) is 3.52. The fourth-order valence-corrected chi connectivity index (χ4v) is 2.60. The molecule has 1 N–H and O–H groups in total. The van der Waals surface area contributed by atoms with Crippen LogP contribution in [0.4, 0.5) is 0 Å². The Balaban J connectivity index is 2.76. The second-order valence-electron chi connectivity index (χ2n) is 5.34. The first-order chi connectivity index (χ1) is 8.71. The SMILES string of the molecule is CCNCC(CC(CC)CC)c1cccc(C)c1. The molecule has 18 heavy (non-hydrogen) atoms. The maximum atomic E-state index is 3.52. The maximum Gasteiger partial charge on any atom is 0.00201 e. The standard InChI is InChI=1S/C17H29N/c1-5-15(6-2)12-17(13-18-7-3)16-10-8-9-14(4)11-16/h8-11,15,17-18H,5-7,12-13H2,1-4H3. The summed E-state index contributed by atoms with van der Waals surface area (Å²) in [6, 6.07) is 9.02. The number of hydrogen-bond acceptors (Lipinski definition) is 1. The van der Waals surface area contributed by atoms with Gasteiger partial charge in [0.15, 0.2) is 0 Å². The molecule has 0 aliphatic heterocycles. The Kier molecular flexibility index (Phi) is 7.04. The van der Waals surface area contributed by atoms with Crippen LogP contribution in [0.25, 0.3) is 0 Å². The Bertz CT molecular complexity index is 328. The van der Waals surface area contributed by atoms with Crippen LogP contribution in [0.1, 0.15) is 57.1 Å². The van der Waals surface area contributed by atoms with Crippen molar-refractivity contribution in [2.75, 3.05) is 13.1 Å². The van der Waals surface area contributed by atoms with Gasteiger partial charge in [0.05, 0.1) is 0 Å². The van der Waals surface area contributed by atoms with Crippen LogP contribution in [0.2, 0.25) is 0 Å². The Morgan fingerprint density at radius 1 is 1.11 bits per heavy atom. The fraction of sp³-hybridized carbons (Fsp3) is 0.647. The van der Waals surface area contributed by atoms with Crippen LogP contribution in [0.5, 0.6) is 0 Å². The second kappa shape index (κ2) is 8.31. The lowest BCUT2D eigenvalue weighted by molar-refractivity contribution is 0.400. The van der Waals surface area contributed by atoms with Crippen LogP contribution in [-0.4, -0.2) is 13.1 Å². The Hall–Kier alpha value is -0.820. The Morgan fingerprint density at radius 3 is 2.39 bits per heavy atom. The van der Waals surface area contributed by atoms with Crippen LogP contribution in [0.15, 0.2) is 24.3 Å². The minimum Gasteiger partial charge on any atom is -0.316 e. The molecule has 0 saturated carbocycles. The summed E-state index contributed by atoms with van der Waals surface area (Å²) in [4.78, 5) is 0. The molecule has 1 atom stereocenters. The van der Waals surface area contributed by atoms with Gasteiger partial charge < -0.3 is 5.32 Å². The van der Waals surface area contributed by atoms with Gasteiger partial charge in [0.1, 0.15) is 0 Å². The van der Waals surface area contributed by atoms with E-state index < -0.39 is 0 Å². The molecule has 0 aliphatic rings. The summed E-state index contributed by atoms with van der Waals surface area (Å²) in [6.07, 6.45) is 3.90. The first-order valence-electron chi connectivity index (χ1n) is 7.48. The predicted octanol–water partition coefficient (Wildman–Crippen LogP) is 4.51. The monoisotopic (exact) mass is 247 g/mol. The minimum atomic E-state index is 0.662. The zero-order chi connectivity index (χ0) is 13.4. The Labute approximate surface area is 113 Å². The highest BCUT2D eigenvalue weighted by atomic mass is 14.8. The van der Waals surface area contributed by atoms with Gasteiger partial charge in [-0.3, -0.25) is 0 Å². The lowest BCUT2D eigenvalue weighted by atomic mass is 9.85. The number of aryl methyl sites for hydroxylation is 1. The summed E-state index contributed by atoms with van der Waals surface area (Å²) >= 11 is 0. The number of benzene rings is 1. The lowest BCUT2D eigenvalue weighted by Gasteiger charge is -2.23. The molecule has 0 bridgehead atoms. The lowest BCUT2D eigenvalue weighted by Crippen LogP contribution is -2.23. The molecule has 1 aromatic rings. The van der Waals surface area contributed by atoms with Crippen molar-refractivity contribution in [1.29, 1.82) is 0 Å². The average molecular weight is 247 g/mol. The molecule has 1 rings (SSSR count). The van der Waals surface area contributed by atoms with E-state index in [1.165, 1.54) is 30.4 Å². The van der Waals surface area contributed by atoms with Gasteiger partial charge in [-0.25, -0.2) is 0 Å². The number of nitrogens with one attached hydrogen (secondary N) is 1. The molecule has 0 spiro atoms. The van der Waals surface area contributed by atoms with Gasteiger partial charge in [-0.2, -0.15) is 0 Å². The molecule has 0 saturated heterocycles. The molecule has 1 aromatic carbocycles. The Morgan fingerprint density at radius 2 is 1.83 bits per heavy atom. The summed E-state index contributed by atoms with van der Waals surface area (Å²) in [5.74, 6) is 1.52. The van der Waals surface area contributed by atoms with Crippen molar-refractivity contribution < 1.29 is 0 Å². The van der Waals surface area contributed by atoms with Crippen LogP contribution in [0.3, 0.4) is 0 Å². The van der Waals surface area contributed by atoms with E-state index in [0.29, 0.717) is 5.92 Å². The van der Waals surface area contributed by atoms with E-state index in [1.54, 1.807) is 0 Å². The van der Waals surface area contributed by atoms with Crippen LogP contribution >= 0.6 is 0 Å². The second-order valence-corrected chi connectivity index (χ2v) is 5.34. The summed E-state index contributed by atoms with van der Waals surface area (Å²) in [7, 11) is 0. The zero-order valence-electron chi connectivity index (χ0n) is 12.5. The van der Waals surface area contributed by atoms with E-state index in [2.05, 4.69) is 57.3 Å². The third kappa shape index (κ3) is 4.81. The first-order valence-corrected chi connectivity index (χ1v) is 7.48. The molecule has 1 nitrogen and oxygen atoms in total. The van der Waals surface area contributed by atoms with E-state index in [1.807, 2.05) is 0 Å².